The van der Waals surface area contributed by atoms with Gasteiger partial charge in [-0.05, 0) is 25.8 Å². The molecule has 116 valence electrons. The average Bonchev–Trinajstić information content (AvgIpc) is 3.04. The molecular weight excluding hydrogens is 298 g/mol. The molecule has 1 aromatic carbocycles. The first-order valence-corrected chi connectivity index (χ1v) is 8.45. The van der Waals surface area contributed by atoms with E-state index in [0.29, 0.717) is 17.5 Å². The number of thioether (sulfide) groups is 1. The molecule has 6 heteroatoms. The molecule has 1 atom stereocenters. The van der Waals surface area contributed by atoms with Crippen LogP contribution in [0.2, 0.25) is 0 Å². The molecular formula is C16H19N3O2S. The monoisotopic (exact) mass is 317 g/mol. The van der Waals surface area contributed by atoms with E-state index in [-0.39, 0.29) is 12.0 Å². The Morgan fingerprint density at radius 3 is 3.09 bits per heavy atom. The maximum atomic E-state index is 11.9. The second-order valence-corrected chi connectivity index (χ2v) is 6.28. The van der Waals surface area contributed by atoms with Gasteiger partial charge in [-0.1, -0.05) is 30.0 Å². The van der Waals surface area contributed by atoms with Gasteiger partial charge in [0, 0.05) is 24.2 Å². The zero-order chi connectivity index (χ0) is 15.4. The van der Waals surface area contributed by atoms with E-state index in [1.165, 1.54) is 11.8 Å². The fraction of sp³-hybridized carbons (Fsp3) is 0.438. The zero-order valence-corrected chi connectivity index (χ0v) is 13.4. The maximum Gasteiger partial charge on any atom is 0.230 e. The number of carbonyl (C=O) groups excluding carboxylic acids is 1. The molecule has 0 radical (unpaired) electrons. The Morgan fingerprint density at radius 2 is 2.27 bits per heavy atom. The van der Waals surface area contributed by atoms with E-state index in [9.17, 15) is 4.79 Å². The van der Waals surface area contributed by atoms with Crippen molar-refractivity contribution >= 4 is 28.6 Å². The standard InChI is InChI=1S/C16H19N3O2S/c1-11-13-6-2-3-7-14(13)19-16(18-11)22-10-15(20)17-9-12-5-4-8-21-12/h2-3,6-7,12H,4-5,8-10H2,1H3,(H,17,20). The van der Waals surface area contributed by atoms with Crippen LogP contribution in [0.3, 0.4) is 0 Å². The van der Waals surface area contributed by atoms with Crippen molar-refractivity contribution in [2.45, 2.75) is 31.0 Å². The molecule has 1 aromatic heterocycles. The second kappa shape index (κ2) is 7.07. The number of ether oxygens (including phenoxy) is 1. The van der Waals surface area contributed by atoms with E-state index in [2.05, 4.69) is 15.3 Å². The van der Waals surface area contributed by atoms with E-state index in [0.717, 1.165) is 36.0 Å². The van der Waals surface area contributed by atoms with Gasteiger partial charge in [0.2, 0.25) is 5.91 Å². The van der Waals surface area contributed by atoms with Crippen molar-refractivity contribution in [2.24, 2.45) is 0 Å². The molecule has 0 aliphatic carbocycles. The van der Waals surface area contributed by atoms with E-state index in [1.54, 1.807) is 0 Å². The fourth-order valence-corrected chi connectivity index (χ4v) is 3.21. The van der Waals surface area contributed by atoms with Gasteiger partial charge in [0.15, 0.2) is 5.16 Å². The average molecular weight is 317 g/mol. The highest BCUT2D eigenvalue weighted by atomic mass is 32.2. The van der Waals surface area contributed by atoms with Crippen molar-refractivity contribution in [3.8, 4) is 0 Å². The molecule has 1 amide bonds. The summed E-state index contributed by atoms with van der Waals surface area (Å²) in [6, 6.07) is 7.90. The zero-order valence-electron chi connectivity index (χ0n) is 12.5. The number of para-hydroxylation sites is 1. The van der Waals surface area contributed by atoms with Crippen molar-refractivity contribution in [3.05, 3.63) is 30.0 Å². The summed E-state index contributed by atoms with van der Waals surface area (Å²) in [7, 11) is 0. The molecule has 1 aliphatic rings. The third-order valence-electron chi connectivity index (χ3n) is 3.66. The van der Waals surface area contributed by atoms with Gasteiger partial charge >= 0.3 is 0 Å². The first-order chi connectivity index (χ1) is 10.7. The number of nitrogens with one attached hydrogen (secondary N) is 1. The number of benzene rings is 1. The summed E-state index contributed by atoms with van der Waals surface area (Å²) in [5.41, 5.74) is 1.85. The van der Waals surface area contributed by atoms with Crippen LogP contribution >= 0.6 is 11.8 Å². The Bertz CT molecular complexity index is 671. The lowest BCUT2D eigenvalue weighted by Gasteiger charge is -2.10. The van der Waals surface area contributed by atoms with Gasteiger partial charge in [-0.25, -0.2) is 9.97 Å². The largest absolute Gasteiger partial charge is 0.376 e. The van der Waals surface area contributed by atoms with Crippen molar-refractivity contribution in [2.75, 3.05) is 18.9 Å². The van der Waals surface area contributed by atoms with Crippen LogP contribution in [0.15, 0.2) is 29.4 Å². The Balaban J connectivity index is 1.55. The van der Waals surface area contributed by atoms with E-state index in [4.69, 9.17) is 4.74 Å². The lowest BCUT2D eigenvalue weighted by atomic mass is 10.2. The lowest BCUT2D eigenvalue weighted by Crippen LogP contribution is -2.32. The van der Waals surface area contributed by atoms with Gasteiger partial charge in [0.05, 0.1) is 17.4 Å². The minimum absolute atomic E-state index is 0.00471. The molecule has 0 spiro atoms. The second-order valence-electron chi connectivity index (χ2n) is 5.34. The van der Waals surface area contributed by atoms with E-state index < -0.39 is 0 Å². The fourth-order valence-electron chi connectivity index (χ4n) is 2.49. The van der Waals surface area contributed by atoms with Gasteiger partial charge < -0.3 is 10.1 Å². The van der Waals surface area contributed by atoms with Crippen LogP contribution in [0.5, 0.6) is 0 Å². The molecule has 1 saturated heterocycles. The Labute approximate surface area is 133 Å². The summed E-state index contributed by atoms with van der Waals surface area (Å²) in [6.07, 6.45) is 2.29. The molecule has 0 bridgehead atoms. The molecule has 3 rings (SSSR count). The van der Waals surface area contributed by atoms with Gasteiger partial charge in [0.25, 0.3) is 0 Å². The van der Waals surface area contributed by atoms with Crippen LogP contribution in [0.1, 0.15) is 18.5 Å². The summed E-state index contributed by atoms with van der Waals surface area (Å²) in [5.74, 6) is 0.319. The summed E-state index contributed by atoms with van der Waals surface area (Å²) >= 11 is 1.36. The first kappa shape index (κ1) is 15.2. The number of fused-ring (bicyclic) bond motifs is 1. The van der Waals surface area contributed by atoms with Crippen molar-refractivity contribution < 1.29 is 9.53 Å². The molecule has 5 nitrogen and oxygen atoms in total. The number of carbonyl (C=O) groups is 1. The van der Waals surface area contributed by atoms with Crippen molar-refractivity contribution in [1.82, 2.24) is 15.3 Å². The summed E-state index contributed by atoms with van der Waals surface area (Å²) < 4.78 is 5.48. The Kier molecular flexibility index (Phi) is 4.90. The quantitative estimate of drug-likeness (QED) is 0.677. The highest BCUT2D eigenvalue weighted by Crippen LogP contribution is 2.20. The number of hydrogen-bond donors (Lipinski definition) is 1. The molecule has 2 aromatic rings. The molecule has 0 saturated carbocycles. The number of hydrogen-bond acceptors (Lipinski definition) is 5. The Hall–Kier alpha value is -1.66. The van der Waals surface area contributed by atoms with Crippen LogP contribution in [-0.4, -0.2) is 40.9 Å². The summed E-state index contributed by atoms with van der Waals surface area (Å²) in [5, 5.41) is 4.60. The summed E-state index contributed by atoms with van der Waals surface area (Å²) in [4.78, 5) is 20.8. The van der Waals surface area contributed by atoms with Gasteiger partial charge in [-0.3, -0.25) is 4.79 Å². The minimum atomic E-state index is -0.00471. The lowest BCUT2D eigenvalue weighted by molar-refractivity contribution is -0.119. The topological polar surface area (TPSA) is 64.1 Å². The van der Waals surface area contributed by atoms with Crippen LogP contribution in [-0.2, 0) is 9.53 Å². The van der Waals surface area contributed by atoms with E-state index >= 15 is 0 Å². The van der Waals surface area contributed by atoms with Crippen LogP contribution in [0.4, 0.5) is 0 Å². The normalized spacial score (nSPS) is 17.8. The predicted octanol–water partition coefficient (Wildman–Crippen LogP) is 2.33. The number of nitrogens with zero attached hydrogens (tertiary/aromatic N) is 2. The molecule has 1 unspecified atom stereocenters. The molecule has 2 heterocycles. The minimum Gasteiger partial charge on any atom is -0.376 e. The Morgan fingerprint density at radius 1 is 1.41 bits per heavy atom. The van der Waals surface area contributed by atoms with Gasteiger partial charge in [-0.15, -0.1) is 0 Å². The molecule has 1 N–H and O–H groups in total. The predicted molar refractivity (Wildman–Crippen MR) is 87.0 cm³/mol. The van der Waals surface area contributed by atoms with E-state index in [1.807, 2.05) is 31.2 Å². The van der Waals surface area contributed by atoms with Crippen LogP contribution in [0, 0.1) is 6.92 Å². The van der Waals surface area contributed by atoms with Crippen LogP contribution in [0.25, 0.3) is 10.9 Å². The molecule has 1 aliphatic heterocycles. The van der Waals surface area contributed by atoms with Crippen LogP contribution < -0.4 is 5.32 Å². The smallest absolute Gasteiger partial charge is 0.230 e. The third-order valence-corrected chi connectivity index (χ3v) is 4.50. The maximum absolute atomic E-state index is 11.9. The van der Waals surface area contributed by atoms with Crippen molar-refractivity contribution in [1.29, 1.82) is 0 Å². The highest BCUT2D eigenvalue weighted by molar-refractivity contribution is 7.99. The summed E-state index contributed by atoms with van der Waals surface area (Å²) in [6.45, 7) is 3.36. The number of aryl methyl sites for hydroxylation is 1. The molecule has 22 heavy (non-hydrogen) atoms. The number of amides is 1. The van der Waals surface area contributed by atoms with Gasteiger partial charge in [0.1, 0.15) is 0 Å². The third kappa shape index (κ3) is 3.75. The first-order valence-electron chi connectivity index (χ1n) is 7.47. The number of aromatic nitrogens is 2. The SMILES string of the molecule is Cc1nc(SCC(=O)NCC2CCCO2)nc2ccccc12. The van der Waals surface area contributed by atoms with Crippen molar-refractivity contribution in [3.63, 3.8) is 0 Å². The van der Waals surface area contributed by atoms with Gasteiger partial charge in [-0.2, -0.15) is 0 Å². The highest BCUT2D eigenvalue weighted by Gasteiger charge is 2.16. The number of rotatable bonds is 5. The molecule has 1 fully saturated rings.